The molecule has 2 N–H and O–H groups in total. The molecule has 0 spiro atoms. The highest BCUT2D eigenvalue weighted by atomic mass is 32.2. The molecule has 0 saturated heterocycles. The van der Waals surface area contributed by atoms with Crippen LogP contribution >= 0.6 is 0 Å². The number of anilines is 1. The third-order valence-electron chi connectivity index (χ3n) is 5.61. The molecule has 0 aliphatic heterocycles. The molecule has 0 aliphatic carbocycles. The summed E-state index contributed by atoms with van der Waals surface area (Å²) in [5.74, 6) is -0.776. The van der Waals surface area contributed by atoms with E-state index in [2.05, 4.69) is 15.8 Å². The van der Waals surface area contributed by atoms with Crippen LogP contribution in [0, 0.1) is 0 Å². The number of nitrogens with zero attached hydrogens (tertiary/aromatic N) is 2. The second-order valence-electron chi connectivity index (χ2n) is 8.65. The van der Waals surface area contributed by atoms with Crippen LogP contribution in [0.1, 0.15) is 31.4 Å². The predicted molar refractivity (Wildman–Crippen MR) is 146 cm³/mol. The van der Waals surface area contributed by atoms with Gasteiger partial charge in [0, 0.05) is 24.9 Å². The second kappa shape index (κ2) is 13.5. The molecule has 3 aromatic carbocycles. The van der Waals surface area contributed by atoms with Crippen molar-refractivity contribution in [3.8, 4) is 0 Å². The van der Waals surface area contributed by atoms with E-state index in [1.807, 2.05) is 67.6 Å². The van der Waals surface area contributed by atoms with Crippen LogP contribution in [-0.4, -0.2) is 43.3 Å². The van der Waals surface area contributed by atoms with Gasteiger partial charge in [-0.05, 0) is 61.6 Å². The molecule has 194 valence electrons. The maximum Gasteiger partial charge on any atom is 0.255 e. The number of hydrazone groups is 1. The first-order valence-corrected chi connectivity index (χ1v) is 13.5. The van der Waals surface area contributed by atoms with Crippen LogP contribution in [0.2, 0.25) is 0 Å². The number of amides is 2. The van der Waals surface area contributed by atoms with Crippen molar-refractivity contribution < 1.29 is 18.0 Å². The molecule has 0 aromatic heterocycles. The average molecular weight is 521 g/mol. The van der Waals surface area contributed by atoms with Crippen molar-refractivity contribution in [2.75, 3.05) is 18.4 Å². The van der Waals surface area contributed by atoms with E-state index in [9.17, 15) is 18.0 Å². The van der Waals surface area contributed by atoms with Gasteiger partial charge in [-0.1, -0.05) is 60.7 Å². The van der Waals surface area contributed by atoms with Crippen molar-refractivity contribution in [2.45, 2.75) is 38.0 Å². The summed E-state index contributed by atoms with van der Waals surface area (Å²) in [7, 11) is -3.98. The Kier molecular flexibility index (Phi) is 10.1. The quantitative estimate of drug-likeness (QED) is 0.278. The van der Waals surface area contributed by atoms with Crippen molar-refractivity contribution in [1.29, 1.82) is 0 Å². The van der Waals surface area contributed by atoms with Gasteiger partial charge in [-0.2, -0.15) is 9.41 Å². The molecule has 37 heavy (non-hydrogen) atoms. The Morgan fingerprint density at radius 2 is 1.38 bits per heavy atom. The van der Waals surface area contributed by atoms with Crippen molar-refractivity contribution >= 4 is 33.2 Å². The summed E-state index contributed by atoms with van der Waals surface area (Å²) in [5.41, 5.74) is 5.85. The summed E-state index contributed by atoms with van der Waals surface area (Å²) in [5, 5.41) is 6.77. The minimum Gasteiger partial charge on any atom is -0.326 e. The first-order valence-electron chi connectivity index (χ1n) is 12.0. The first-order chi connectivity index (χ1) is 17.7. The lowest BCUT2D eigenvalue weighted by Gasteiger charge is -2.21. The highest BCUT2D eigenvalue weighted by Crippen LogP contribution is 2.19. The fourth-order valence-electron chi connectivity index (χ4n) is 3.62. The van der Waals surface area contributed by atoms with E-state index >= 15 is 0 Å². The van der Waals surface area contributed by atoms with Gasteiger partial charge in [0.05, 0.1) is 11.4 Å². The number of aryl methyl sites for hydroxylation is 1. The third-order valence-corrected chi connectivity index (χ3v) is 7.47. The maximum atomic E-state index is 13.4. The lowest BCUT2D eigenvalue weighted by Crippen LogP contribution is -2.40. The SMILES string of the molecule is CC(=O)Nc1ccc(S(=O)(=O)N(CCc2ccccc2)CC(=O)N/N=C(/C)CCc2ccccc2)cc1. The Morgan fingerprint density at radius 1 is 0.811 bits per heavy atom. The van der Waals surface area contributed by atoms with Crippen LogP contribution in [0.5, 0.6) is 0 Å². The minimum absolute atomic E-state index is 0.0324. The zero-order valence-corrected chi connectivity index (χ0v) is 21.9. The number of rotatable bonds is 12. The molecule has 8 nitrogen and oxygen atoms in total. The third kappa shape index (κ3) is 8.96. The van der Waals surface area contributed by atoms with Gasteiger partial charge >= 0.3 is 0 Å². The molecule has 0 bridgehead atoms. The Hall–Kier alpha value is -3.82. The van der Waals surface area contributed by atoms with Crippen molar-refractivity contribution in [1.82, 2.24) is 9.73 Å². The Labute approximate surface area is 218 Å². The van der Waals surface area contributed by atoms with E-state index in [1.54, 1.807) is 0 Å². The van der Waals surface area contributed by atoms with Crippen LogP contribution in [0.3, 0.4) is 0 Å². The highest BCUT2D eigenvalue weighted by Gasteiger charge is 2.26. The van der Waals surface area contributed by atoms with Crippen molar-refractivity contribution in [3.63, 3.8) is 0 Å². The molecule has 0 saturated carbocycles. The van der Waals surface area contributed by atoms with Gasteiger partial charge < -0.3 is 5.32 Å². The van der Waals surface area contributed by atoms with Gasteiger partial charge in [-0.15, -0.1) is 0 Å². The number of sulfonamides is 1. The van der Waals surface area contributed by atoms with Crippen molar-refractivity contribution in [2.24, 2.45) is 5.10 Å². The first kappa shape index (κ1) is 27.8. The molecule has 3 rings (SSSR count). The smallest absolute Gasteiger partial charge is 0.255 e. The van der Waals surface area contributed by atoms with Gasteiger partial charge in [0.15, 0.2) is 0 Å². The number of carbonyl (C=O) groups excluding carboxylic acids is 2. The molecule has 0 fully saturated rings. The number of hydrogen-bond donors (Lipinski definition) is 2. The van der Waals surface area contributed by atoms with Gasteiger partial charge in [0.25, 0.3) is 5.91 Å². The lowest BCUT2D eigenvalue weighted by atomic mass is 10.1. The molecule has 0 unspecified atom stereocenters. The summed E-state index contributed by atoms with van der Waals surface area (Å²) in [6.07, 6.45) is 1.90. The van der Waals surface area contributed by atoms with E-state index in [0.29, 0.717) is 18.5 Å². The van der Waals surface area contributed by atoms with Crippen LogP contribution in [0.4, 0.5) is 5.69 Å². The topological polar surface area (TPSA) is 108 Å². The molecular weight excluding hydrogens is 488 g/mol. The summed E-state index contributed by atoms with van der Waals surface area (Å²) >= 11 is 0. The highest BCUT2D eigenvalue weighted by molar-refractivity contribution is 7.89. The lowest BCUT2D eigenvalue weighted by molar-refractivity contribution is -0.121. The number of benzene rings is 3. The fraction of sp³-hybridized carbons (Fsp3) is 0.250. The predicted octanol–water partition coefficient (Wildman–Crippen LogP) is 4.00. The van der Waals surface area contributed by atoms with Crippen LogP contribution in [0.25, 0.3) is 0 Å². The maximum absolute atomic E-state index is 13.4. The molecule has 0 aliphatic rings. The molecule has 9 heteroatoms. The molecule has 0 heterocycles. The van der Waals surface area contributed by atoms with Crippen LogP contribution in [-0.2, 0) is 32.5 Å². The van der Waals surface area contributed by atoms with E-state index < -0.39 is 15.9 Å². The van der Waals surface area contributed by atoms with E-state index in [0.717, 1.165) is 22.0 Å². The minimum atomic E-state index is -3.98. The Bertz CT molecular complexity index is 1310. The number of carbonyl (C=O) groups is 2. The van der Waals surface area contributed by atoms with E-state index in [4.69, 9.17) is 0 Å². The number of nitrogens with one attached hydrogen (secondary N) is 2. The average Bonchev–Trinajstić information content (AvgIpc) is 2.89. The number of hydrogen-bond acceptors (Lipinski definition) is 5. The molecule has 2 amide bonds. The molecule has 3 aromatic rings. The largest absolute Gasteiger partial charge is 0.326 e. The van der Waals surface area contributed by atoms with Gasteiger partial charge in [0.2, 0.25) is 15.9 Å². The summed E-state index contributed by atoms with van der Waals surface area (Å²) in [6.45, 7) is 2.94. The summed E-state index contributed by atoms with van der Waals surface area (Å²) in [6, 6.07) is 25.3. The van der Waals surface area contributed by atoms with Gasteiger partial charge in [0.1, 0.15) is 0 Å². The van der Waals surface area contributed by atoms with E-state index in [-0.39, 0.29) is 23.9 Å². The van der Waals surface area contributed by atoms with Crippen molar-refractivity contribution in [3.05, 3.63) is 96.1 Å². The Balaban J connectivity index is 1.69. The van der Waals surface area contributed by atoms with Gasteiger partial charge in [-0.3, -0.25) is 9.59 Å². The molecule has 0 radical (unpaired) electrons. The van der Waals surface area contributed by atoms with E-state index in [1.165, 1.54) is 36.8 Å². The second-order valence-corrected chi connectivity index (χ2v) is 10.6. The normalized spacial score (nSPS) is 11.8. The summed E-state index contributed by atoms with van der Waals surface area (Å²) < 4.78 is 28.0. The molecule has 0 atom stereocenters. The molecular formula is C28H32N4O4S. The Morgan fingerprint density at radius 3 is 1.95 bits per heavy atom. The standard InChI is InChI=1S/C28H32N4O4S/c1-22(13-14-24-9-5-3-6-10-24)30-31-28(34)21-32(20-19-25-11-7-4-8-12-25)37(35,36)27-17-15-26(16-18-27)29-23(2)33/h3-12,15-18H,13-14,19-21H2,1-2H3,(H,29,33)(H,31,34)/b30-22-. The zero-order valence-electron chi connectivity index (χ0n) is 21.1. The zero-order chi connectivity index (χ0) is 26.7. The van der Waals surface area contributed by atoms with Crippen LogP contribution < -0.4 is 10.7 Å². The fourth-order valence-corrected chi connectivity index (χ4v) is 5.02. The van der Waals surface area contributed by atoms with Crippen LogP contribution in [0.15, 0.2) is 94.9 Å². The monoisotopic (exact) mass is 520 g/mol. The summed E-state index contributed by atoms with van der Waals surface area (Å²) in [4.78, 5) is 24.0. The van der Waals surface area contributed by atoms with Gasteiger partial charge in [-0.25, -0.2) is 13.8 Å².